The molecule has 0 aromatic heterocycles. The van der Waals surface area contributed by atoms with Gasteiger partial charge in [-0.15, -0.1) is 0 Å². The fourth-order valence-electron chi connectivity index (χ4n) is 2.83. The topological polar surface area (TPSA) is 21.3 Å². The Balaban J connectivity index is 1.93. The van der Waals surface area contributed by atoms with Gasteiger partial charge in [-0.25, -0.2) is 4.39 Å². The molecule has 3 rings (SSSR count). The molecule has 0 aromatic carbocycles. The van der Waals surface area contributed by atoms with Crippen molar-refractivity contribution >= 4 is 0 Å². The van der Waals surface area contributed by atoms with Crippen molar-refractivity contribution in [3.8, 4) is 0 Å². The first kappa shape index (κ1) is 9.40. The Kier molecular flexibility index (Phi) is 2.09. The van der Waals surface area contributed by atoms with Crippen LogP contribution in [0, 0.1) is 0 Å². The number of allylic oxidation sites excluding steroid dienone is 1. The summed E-state index contributed by atoms with van der Waals surface area (Å²) >= 11 is 0. The monoisotopic (exact) mass is 209 g/mol. The SMILES string of the molecule is FC1C=C2C(=COC23CCNCC3)CC1. The van der Waals surface area contributed by atoms with Gasteiger partial charge < -0.3 is 10.1 Å². The highest BCUT2D eigenvalue weighted by Crippen LogP contribution is 2.45. The number of alkyl halides is 1. The van der Waals surface area contributed by atoms with Gasteiger partial charge in [0, 0.05) is 18.4 Å². The molecule has 82 valence electrons. The average molecular weight is 209 g/mol. The van der Waals surface area contributed by atoms with Crippen LogP contribution in [0.4, 0.5) is 4.39 Å². The summed E-state index contributed by atoms with van der Waals surface area (Å²) in [7, 11) is 0. The van der Waals surface area contributed by atoms with E-state index in [9.17, 15) is 4.39 Å². The molecule has 1 fully saturated rings. The van der Waals surface area contributed by atoms with E-state index in [0.717, 1.165) is 37.9 Å². The maximum Gasteiger partial charge on any atom is 0.136 e. The molecule has 0 aromatic rings. The van der Waals surface area contributed by atoms with E-state index in [1.165, 1.54) is 5.57 Å². The summed E-state index contributed by atoms with van der Waals surface area (Å²) in [6, 6.07) is 0. The second-order valence-corrected chi connectivity index (χ2v) is 4.64. The molecule has 0 bridgehead atoms. The first-order chi connectivity index (χ1) is 7.30. The molecule has 1 aliphatic carbocycles. The van der Waals surface area contributed by atoms with Crippen LogP contribution in [0.2, 0.25) is 0 Å². The van der Waals surface area contributed by atoms with Gasteiger partial charge in [0.05, 0.1) is 6.26 Å². The zero-order valence-corrected chi connectivity index (χ0v) is 8.76. The average Bonchev–Trinajstić information content (AvgIpc) is 2.59. The van der Waals surface area contributed by atoms with Gasteiger partial charge in [-0.2, -0.15) is 0 Å². The molecule has 2 aliphatic heterocycles. The Morgan fingerprint density at radius 2 is 2.20 bits per heavy atom. The zero-order chi connectivity index (χ0) is 10.3. The number of halogens is 1. The third kappa shape index (κ3) is 1.41. The van der Waals surface area contributed by atoms with E-state index >= 15 is 0 Å². The third-order valence-electron chi connectivity index (χ3n) is 3.71. The number of piperidine rings is 1. The first-order valence-corrected chi connectivity index (χ1v) is 5.74. The van der Waals surface area contributed by atoms with E-state index < -0.39 is 6.17 Å². The summed E-state index contributed by atoms with van der Waals surface area (Å²) < 4.78 is 19.2. The maximum absolute atomic E-state index is 13.4. The van der Waals surface area contributed by atoms with Gasteiger partial charge in [0.25, 0.3) is 0 Å². The second kappa shape index (κ2) is 3.34. The van der Waals surface area contributed by atoms with E-state index in [2.05, 4.69) is 5.32 Å². The number of rotatable bonds is 0. The van der Waals surface area contributed by atoms with E-state index in [0.29, 0.717) is 6.42 Å². The van der Waals surface area contributed by atoms with Crippen LogP contribution >= 0.6 is 0 Å². The predicted octanol–water partition coefficient (Wildman–Crippen LogP) is 2.08. The molecule has 1 spiro atoms. The molecular weight excluding hydrogens is 193 g/mol. The minimum absolute atomic E-state index is 0.189. The molecule has 1 N–H and O–H groups in total. The normalized spacial score (nSPS) is 33.0. The Hall–Kier alpha value is -0.830. The lowest BCUT2D eigenvalue weighted by Gasteiger charge is -2.36. The second-order valence-electron chi connectivity index (χ2n) is 4.64. The van der Waals surface area contributed by atoms with Crippen LogP contribution < -0.4 is 5.32 Å². The van der Waals surface area contributed by atoms with Crippen LogP contribution in [-0.2, 0) is 4.74 Å². The third-order valence-corrected chi connectivity index (χ3v) is 3.71. The van der Waals surface area contributed by atoms with Crippen LogP contribution in [0.15, 0.2) is 23.5 Å². The lowest BCUT2D eigenvalue weighted by Crippen LogP contribution is -2.43. The van der Waals surface area contributed by atoms with Crippen molar-refractivity contribution < 1.29 is 9.13 Å². The number of nitrogens with one attached hydrogen (secondary N) is 1. The Labute approximate surface area is 89.2 Å². The van der Waals surface area contributed by atoms with Crippen molar-refractivity contribution in [1.29, 1.82) is 0 Å². The van der Waals surface area contributed by atoms with Crippen molar-refractivity contribution in [2.24, 2.45) is 0 Å². The van der Waals surface area contributed by atoms with Crippen molar-refractivity contribution in [2.75, 3.05) is 13.1 Å². The Bertz CT molecular complexity index is 329. The molecule has 0 amide bonds. The molecule has 1 saturated heterocycles. The van der Waals surface area contributed by atoms with Crippen molar-refractivity contribution in [2.45, 2.75) is 37.5 Å². The quantitative estimate of drug-likeness (QED) is 0.659. The van der Waals surface area contributed by atoms with Gasteiger partial charge in [0.1, 0.15) is 11.8 Å². The van der Waals surface area contributed by atoms with Crippen LogP contribution in [0.5, 0.6) is 0 Å². The standard InChI is InChI=1S/C12H16FNO/c13-10-2-1-9-8-15-12(11(9)7-10)3-5-14-6-4-12/h7-8,10,14H,1-6H2. The van der Waals surface area contributed by atoms with Crippen molar-refractivity contribution in [3.05, 3.63) is 23.5 Å². The summed E-state index contributed by atoms with van der Waals surface area (Å²) in [5.74, 6) is 0. The summed E-state index contributed by atoms with van der Waals surface area (Å²) in [6.07, 6.45) is 6.26. The van der Waals surface area contributed by atoms with Gasteiger partial charge in [0.2, 0.25) is 0 Å². The first-order valence-electron chi connectivity index (χ1n) is 5.74. The number of ether oxygens (including phenoxy) is 1. The molecule has 0 saturated carbocycles. The molecule has 1 atom stereocenters. The molecule has 3 aliphatic rings. The highest BCUT2D eigenvalue weighted by Gasteiger charge is 2.44. The highest BCUT2D eigenvalue weighted by atomic mass is 19.1. The smallest absolute Gasteiger partial charge is 0.136 e. The zero-order valence-electron chi connectivity index (χ0n) is 8.76. The summed E-state index contributed by atoms with van der Waals surface area (Å²) in [5.41, 5.74) is 2.18. The fourth-order valence-corrected chi connectivity index (χ4v) is 2.83. The van der Waals surface area contributed by atoms with Crippen LogP contribution in [0.1, 0.15) is 25.7 Å². The Morgan fingerprint density at radius 1 is 1.40 bits per heavy atom. The Morgan fingerprint density at radius 3 is 3.00 bits per heavy atom. The van der Waals surface area contributed by atoms with Gasteiger partial charge in [-0.1, -0.05) is 0 Å². The maximum atomic E-state index is 13.4. The molecule has 0 radical (unpaired) electrons. The van der Waals surface area contributed by atoms with Crippen molar-refractivity contribution in [3.63, 3.8) is 0 Å². The van der Waals surface area contributed by atoms with Gasteiger partial charge in [-0.05, 0) is 37.6 Å². The number of hydrogen-bond donors (Lipinski definition) is 1. The largest absolute Gasteiger partial charge is 0.490 e. The molecule has 1 unspecified atom stereocenters. The summed E-state index contributed by atoms with van der Waals surface area (Å²) in [4.78, 5) is 0. The van der Waals surface area contributed by atoms with Crippen LogP contribution in [-0.4, -0.2) is 24.9 Å². The molecule has 3 heteroatoms. The molecule has 2 nitrogen and oxygen atoms in total. The van der Waals surface area contributed by atoms with Crippen LogP contribution in [0.25, 0.3) is 0 Å². The van der Waals surface area contributed by atoms with E-state index in [1.54, 1.807) is 6.08 Å². The summed E-state index contributed by atoms with van der Waals surface area (Å²) in [6.45, 7) is 1.94. The van der Waals surface area contributed by atoms with Crippen molar-refractivity contribution in [1.82, 2.24) is 5.32 Å². The molecular formula is C12H16FNO. The number of fused-ring (bicyclic) bond motifs is 2. The van der Waals surface area contributed by atoms with Crippen LogP contribution in [0.3, 0.4) is 0 Å². The minimum Gasteiger partial charge on any atom is -0.490 e. The van der Waals surface area contributed by atoms with E-state index in [1.807, 2.05) is 6.26 Å². The predicted molar refractivity (Wildman–Crippen MR) is 56.2 cm³/mol. The lowest BCUT2D eigenvalue weighted by atomic mass is 9.78. The minimum atomic E-state index is -0.773. The molecule has 15 heavy (non-hydrogen) atoms. The van der Waals surface area contributed by atoms with E-state index in [4.69, 9.17) is 4.74 Å². The van der Waals surface area contributed by atoms with Gasteiger partial charge in [0.15, 0.2) is 0 Å². The lowest BCUT2D eigenvalue weighted by molar-refractivity contribution is 0.0443. The molecule has 2 heterocycles. The fraction of sp³-hybridized carbons (Fsp3) is 0.667. The highest BCUT2D eigenvalue weighted by molar-refractivity contribution is 5.44. The number of hydrogen-bond acceptors (Lipinski definition) is 2. The van der Waals surface area contributed by atoms with Gasteiger partial charge >= 0.3 is 0 Å². The van der Waals surface area contributed by atoms with Gasteiger partial charge in [-0.3, -0.25) is 0 Å². The summed E-state index contributed by atoms with van der Waals surface area (Å²) in [5, 5.41) is 3.32. The van der Waals surface area contributed by atoms with E-state index in [-0.39, 0.29) is 5.60 Å².